The van der Waals surface area contributed by atoms with Crippen molar-refractivity contribution in [2.45, 2.75) is 24.7 Å². The van der Waals surface area contributed by atoms with Crippen LogP contribution in [0, 0.1) is 0 Å². The minimum Gasteiger partial charge on any atom is -0.497 e. The van der Waals surface area contributed by atoms with Gasteiger partial charge in [-0.15, -0.1) is 10.2 Å². The van der Waals surface area contributed by atoms with Gasteiger partial charge in [0, 0.05) is 11.8 Å². The summed E-state index contributed by atoms with van der Waals surface area (Å²) in [5, 5.41) is 18.3. The van der Waals surface area contributed by atoms with Gasteiger partial charge in [0.1, 0.15) is 5.75 Å². The number of ether oxygens (including phenoxy) is 1. The van der Waals surface area contributed by atoms with Crippen LogP contribution in [0.2, 0.25) is 0 Å². The summed E-state index contributed by atoms with van der Waals surface area (Å²) in [7, 11) is 1.62. The number of thioether (sulfide) groups is 1. The Morgan fingerprint density at radius 2 is 2.25 bits per heavy atom. The number of hydrogen-bond acceptors (Lipinski definition) is 6. The minimum absolute atomic E-state index is 0.291. The number of nitrogens with two attached hydrogens (primary N) is 1. The summed E-state index contributed by atoms with van der Waals surface area (Å²) in [5.74, 6) is 1.98. The SMILES string of the molecule is COc1cccc(-n2c(CN)nnc2SC[C@@H](C)O)c1. The Hall–Kier alpha value is -1.57. The third-order valence-electron chi connectivity index (χ3n) is 2.65. The average Bonchev–Trinajstić information content (AvgIpc) is 2.88. The van der Waals surface area contributed by atoms with E-state index in [9.17, 15) is 5.11 Å². The first-order valence-corrected chi connectivity index (χ1v) is 7.24. The molecule has 0 unspecified atom stereocenters. The molecule has 0 aliphatic heterocycles. The average molecular weight is 294 g/mol. The molecule has 0 aliphatic rings. The molecule has 20 heavy (non-hydrogen) atoms. The molecule has 0 bridgehead atoms. The van der Waals surface area contributed by atoms with Gasteiger partial charge in [0.15, 0.2) is 11.0 Å². The summed E-state index contributed by atoms with van der Waals surface area (Å²) in [5.41, 5.74) is 6.61. The number of methoxy groups -OCH3 is 1. The van der Waals surface area contributed by atoms with E-state index in [1.54, 1.807) is 14.0 Å². The van der Waals surface area contributed by atoms with E-state index >= 15 is 0 Å². The fourth-order valence-corrected chi connectivity index (χ4v) is 2.56. The lowest BCUT2D eigenvalue weighted by atomic mass is 10.3. The normalized spacial score (nSPS) is 12.4. The van der Waals surface area contributed by atoms with E-state index in [0.29, 0.717) is 23.3 Å². The number of rotatable bonds is 6. The lowest BCUT2D eigenvalue weighted by Gasteiger charge is -2.11. The summed E-state index contributed by atoms with van der Waals surface area (Å²) < 4.78 is 7.12. The molecule has 108 valence electrons. The van der Waals surface area contributed by atoms with Gasteiger partial charge in [0.05, 0.1) is 25.4 Å². The minimum atomic E-state index is -0.406. The van der Waals surface area contributed by atoms with Crippen LogP contribution in [0.25, 0.3) is 5.69 Å². The van der Waals surface area contributed by atoms with E-state index in [1.165, 1.54) is 11.8 Å². The van der Waals surface area contributed by atoms with Gasteiger partial charge >= 0.3 is 0 Å². The van der Waals surface area contributed by atoms with Gasteiger partial charge in [-0.25, -0.2) is 0 Å². The molecule has 3 N–H and O–H groups in total. The van der Waals surface area contributed by atoms with Crippen molar-refractivity contribution < 1.29 is 9.84 Å². The topological polar surface area (TPSA) is 86.2 Å². The molecule has 1 aromatic heterocycles. The van der Waals surface area contributed by atoms with Crippen LogP contribution in [0.1, 0.15) is 12.7 Å². The predicted molar refractivity (Wildman–Crippen MR) is 78.2 cm³/mol. The molecule has 1 atom stereocenters. The molecule has 0 saturated carbocycles. The number of aliphatic hydroxyl groups is 1. The fraction of sp³-hybridized carbons (Fsp3) is 0.385. The molecule has 1 aromatic carbocycles. The summed E-state index contributed by atoms with van der Waals surface area (Å²) in [4.78, 5) is 0. The van der Waals surface area contributed by atoms with Crippen LogP contribution in [0.3, 0.4) is 0 Å². The zero-order valence-electron chi connectivity index (χ0n) is 11.5. The van der Waals surface area contributed by atoms with Crippen LogP contribution in [0.15, 0.2) is 29.4 Å². The smallest absolute Gasteiger partial charge is 0.195 e. The molecule has 2 rings (SSSR count). The molecule has 1 heterocycles. The Bertz CT molecular complexity index is 571. The van der Waals surface area contributed by atoms with Gasteiger partial charge in [-0.2, -0.15) is 0 Å². The second-order valence-corrected chi connectivity index (χ2v) is 5.29. The van der Waals surface area contributed by atoms with Gasteiger partial charge in [0.25, 0.3) is 0 Å². The molecular weight excluding hydrogens is 276 g/mol. The molecule has 0 aliphatic carbocycles. The third-order valence-corrected chi connectivity index (χ3v) is 3.82. The van der Waals surface area contributed by atoms with Crippen molar-refractivity contribution in [2.75, 3.05) is 12.9 Å². The highest BCUT2D eigenvalue weighted by Crippen LogP contribution is 2.24. The maximum absolute atomic E-state index is 9.40. The largest absolute Gasteiger partial charge is 0.497 e. The molecule has 0 fully saturated rings. The Labute approximate surface area is 122 Å². The van der Waals surface area contributed by atoms with Crippen molar-refractivity contribution in [3.8, 4) is 11.4 Å². The molecule has 0 saturated heterocycles. The van der Waals surface area contributed by atoms with Crippen LogP contribution in [0.5, 0.6) is 5.75 Å². The van der Waals surface area contributed by atoms with Crippen molar-refractivity contribution in [3.63, 3.8) is 0 Å². The fourth-order valence-electron chi connectivity index (χ4n) is 1.73. The van der Waals surface area contributed by atoms with Crippen molar-refractivity contribution in [1.82, 2.24) is 14.8 Å². The number of aliphatic hydroxyl groups excluding tert-OH is 1. The summed E-state index contributed by atoms with van der Waals surface area (Å²) in [6, 6.07) is 7.61. The molecule has 6 nitrogen and oxygen atoms in total. The Kier molecular flexibility index (Phi) is 4.99. The van der Waals surface area contributed by atoms with E-state index in [2.05, 4.69) is 10.2 Å². The van der Waals surface area contributed by atoms with E-state index < -0.39 is 6.10 Å². The van der Waals surface area contributed by atoms with Crippen LogP contribution in [-0.4, -0.2) is 38.8 Å². The van der Waals surface area contributed by atoms with E-state index in [1.807, 2.05) is 28.8 Å². The molecule has 0 spiro atoms. The lowest BCUT2D eigenvalue weighted by Crippen LogP contribution is -2.09. The third kappa shape index (κ3) is 3.30. The van der Waals surface area contributed by atoms with Gasteiger partial charge in [-0.05, 0) is 19.1 Å². The zero-order valence-corrected chi connectivity index (χ0v) is 12.3. The van der Waals surface area contributed by atoms with Gasteiger partial charge in [-0.1, -0.05) is 17.8 Å². The molecule has 7 heteroatoms. The quantitative estimate of drug-likeness (QED) is 0.779. The van der Waals surface area contributed by atoms with Gasteiger partial charge < -0.3 is 15.6 Å². The summed E-state index contributed by atoms with van der Waals surface area (Å²) >= 11 is 1.44. The van der Waals surface area contributed by atoms with Crippen LogP contribution < -0.4 is 10.5 Å². The number of benzene rings is 1. The highest BCUT2D eigenvalue weighted by Gasteiger charge is 2.14. The Morgan fingerprint density at radius 3 is 2.90 bits per heavy atom. The van der Waals surface area contributed by atoms with Crippen LogP contribution in [0.4, 0.5) is 0 Å². The Morgan fingerprint density at radius 1 is 1.45 bits per heavy atom. The second-order valence-electron chi connectivity index (χ2n) is 4.30. The standard InChI is InChI=1S/C13H18N4O2S/c1-9(18)8-20-13-16-15-12(7-14)17(13)10-4-3-5-11(6-10)19-2/h3-6,9,18H,7-8,14H2,1-2H3/t9-/m1/s1. The first-order chi connectivity index (χ1) is 9.65. The van der Waals surface area contributed by atoms with E-state index in [-0.39, 0.29) is 0 Å². The van der Waals surface area contributed by atoms with Gasteiger partial charge in [-0.3, -0.25) is 4.57 Å². The van der Waals surface area contributed by atoms with Crippen molar-refractivity contribution >= 4 is 11.8 Å². The molecule has 2 aromatic rings. The van der Waals surface area contributed by atoms with E-state index in [0.717, 1.165) is 11.4 Å². The highest BCUT2D eigenvalue weighted by molar-refractivity contribution is 7.99. The summed E-state index contributed by atoms with van der Waals surface area (Å²) in [6.07, 6.45) is -0.406. The monoisotopic (exact) mass is 294 g/mol. The van der Waals surface area contributed by atoms with Crippen molar-refractivity contribution in [2.24, 2.45) is 5.73 Å². The highest BCUT2D eigenvalue weighted by atomic mass is 32.2. The summed E-state index contributed by atoms with van der Waals surface area (Å²) in [6.45, 7) is 2.03. The van der Waals surface area contributed by atoms with Crippen molar-refractivity contribution in [3.05, 3.63) is 30.1 Å². The molecular formula is C13H18N4O2S. The number of aromatic nitrogens is 3. The lowest BCUT2D eigenvalue weighted by molar-refractivity contribution is 0.220. The zero-order chi connectivity index (χ0) is 14.5. The maximum atomic E-state index is 9.40. The predicted octanol–water partition coefficient (Wildman–Crippen LogP) is 1.21. The van der Waals surface area contributed by atoms with Crippen LogP contribution in [-0.2, 0) is 6.54 Å². The number of hydrogen-bond donors (Lipinski definition) is 2. The van der Waals surface area contributed by atoms with Gasteiger partial charge in [0.2, 0.25) is 0 Å². The first kappa shape index (κ1) is 14.8. The van der Waals surface area contributed by atoms with Crippen LogP contribution >= 0.6 is 11.8 Å². The Balaban J connectivity index is 2.39. The van der Waals surface area contributed by atoms with E-state index in [4.69, 9.17) is 10.5 Å². The van der Waals surface area contributed by atoms with Crippen molar-refractivity contribution in [1.29, 1.82) is 0 Å². The molecule has 0 amide bonds. The molecule has 0 radical (unpaired) electrons. The first-order valence-electron chi connectivity index (χ1n) is 6.25. The second kappa shape index (κ2) is 6.74. The maximum Gasteiger partial charge on any atom is 0.195 e. The number of nitrogens with zero attached hydrogens (tertiary/aromatic N) is 3.